The van der Waals surface area contributed by atoms with E-state index >= 15 is 0 Å². The van der Waals surface area contributed by atoms with E-state index in [1.54, 1.807) is 0 Å². The molecule has 1 aliphatic heterocycles. The van der Waals surface area contributed by atoms with Gasteiger partial charge in [-0.25, -0.2) is 0 Å². The molecule has 12 heavy (non-hydrogen) atoms. The van der Waals surface area contributed by atoms with E-state index in [0.717, 1.165) is 0 Å². The summed E-state index contributed by atoms with van der Waals surface area (Å²) < 4.78 is 0. The number of carboxylic acid groups (broad SMARTS) is 1. The first-order valence-corrected chi connectivity index (χ1v) is 4.29. The number of hydrogen-bond acceptors (Lipinski definition) is 2. The molecular formula is C7H12N2O2S. The van der Waals surface area contributed by atoms with Gasteiger partial charge in [0.2, 0.25) is 0 Å². The fourth-order valence-corrected chi connectivity index (χ4v) is 1.53. The molecule has 0 aromatic rings. The Morgan fingerprint density at radius 3 is 2.33 bits per heavy atom. The van der Waals surface area contributed by atoms with Crippen molar-refractivity contribution >= 4 is 23.3 Å². The summed E-state index contributed by atoms with van der Waals surface area (Å²) in [7, 11) is 0. The zero-order chi connectivity index (χ0) is 9.14. The summed E-state index contributed by atoms with van der Waals surface area (Å²) in [4.78, 5) is 12.4. The monoisotopic (exact) mass is 188 g/mol. The zero-order valence-electron chi connectivity index (χ0n) is 6.69. The number of nitrogens with two attached hydrogens (primary N) is 1. The van der Waals surface area contributed by atoms with E-state index < -0.39 is 5.97 Å². The summed E-state index contributed by atoms with van der Waals surface area (Å²) in [5, 5.41) is 9.05. The molecule has 0 saturated carbocycles. The van der Waals surface area contributed by atoms with Gasteiger partial charge in [0.25, 0.3) is 0 Å². The fraction of sp³-hybridized carbons (Fsp3) is 0.714. The highest BCUT2D eigenvalue weighted by molar-refractivity contribution is 7.80. The van der Waals surface area contributed by atoms with Gasteiger partial charge >= 0.3 is 5.97 Å². The van der Waals surface area contributed by atoms with Crippen molar-refractivity contribution in [1.29, 1.82) is 0 Å². The molecule has 3 N–H and O–H groups in total. The lowest BCUT2D eigenvalue weighted by Crippen LogP contribution is -2.42. The van der Waals surface area contributed by atoms with Crippen LogP contribution in [0.25, 0.3) is 0 Å². The molecule has 4 nitrogen and oxygen atoms in total. The van der Waals surface area contributed by atoms with Crippen LogP contribution in [-0.4, -0.2) is 34.2 Å². The number of carbonyl (C=O) groups is 1. The van der Waals surface area contributed by atoms with Crippen molar-refractivity contribution in [1.82, 2.24) is 4.90 Å². The van der Waals surface area contributed by atoms with Crippen molar-refractivity contribution in [2.75, 3.05) is 13.1 Å². The number of hydrogen-bond donors (Lipinski definition) is 2. The lowest BCUT2D eigenvalue weighted by Gasteiger charge is -2.30. The number of carboxylic acids is 1. The molecule has 0 aromatic carbocycles. The second-order valence-electron chi connectivity index (χ2n) is 2.94. The molecule has 0 amide bonds. The lowest BCUT2D eigenvalue weighted by molar-refractivity contribution is -0.143. The third kappa shape index (κ3) is 2.07. The molecular weight excluding hydrogens is 176 g/mol. The van der Waals surface area contributed by atoms with Gasteiger partial charge in [0.05, 0.1) is 5.92 Å². The quantitative estimate of drug-likeness (QED) is 0.568. The summed E-state index contributed by atoms with van der Waals surface area (Å²) in [6.45, 7) is 1.35. The van der Waals surface area contributed by atoms with Gasteiger partial charge in [0.15, 0.2) is 5.11 Å². The predicted molar refractivity (Wildman–Crippen MR) is 48.7 cm³/mol. The third-order valence-electron chi connectivity index (χ3n) is 2.16. The van der Waals surface area contributed by atoms with Gasteiger partial charge in [-0.15, -0.1) is 0 Å². The first-order valence-electron chi connectivity index (χ1n) is 3.88. The molecule has 0 radical (unpaired) electrons. The van der Waals surface area contributed by atoms with E-state index in [1.807, 2.05) is 4.90 Å². The van der Waals surface area contributed by atoms with Crippen LogP contribution in [0.1, 0.15) is 12.8 Å². The maximum Gasteiger partial charge on any atom is 0.306 e. The molecule has 1 fully saturated rings. The maximum atomic E-state index is 10.5. The highest BCUT2D eigenvalue weighted by atomic mass is 32.1. The zero-order valence-corrected chi connectivity index (χ0v) is 7.51. The molecule has 0 unspecified atom stereocenters. The van der Waals surface area contributed by atoms with Crippen LogP contribution in [-0.2, 0) is 4.79 Å². The van der Waals surface area contributed by atoms with Crippen molar-refractivity contribution in [2.45, 2.75) is 12.8 Å². The smallest absolute Gasteiger partial charge is 0.306 e. The number of likely N-dealkylation sites (tertiary alicyclic amines) is 1. The first kappa shape index (κ1) is 9.25. The van der Waals surface area contributed by atoms with Crippen LogP contribution in [0.3, 0.4) is 0 Å². The number of piperidine rings is 1. The van der Waals surface area contributed by atoms with Gasteiger partial charge in [-0.05, 0) is 25.1 Å². The molecule has 1 heterocycles. The summed E-state index contributed by atoms with van der Waals surface area (Å²) in [6.07, 6.45) is 1.29. The molecule has 1 aliphatic rings. The predicted octanol–water partition coefficient (Wildman–Crippen LogP) is 0.0266. The summed E-state index contributed by atoms with van der Waals surface area (Å²) >= 11 is 4.78. The van der Waals surface area contributed by atoms with Crippen molar-refractivity contribution in [3.63, 3.8) is 0 Å². The minimum atomic E-state index is -0.711. The first-order chi connectivity index (χ1) is 5.61. The van der Waals surface area contributed by atoms with E-state index in [1.165, 1.54) is 0 Å². The Morgan fingerprint density at radius 1 is 1.50 bits per heavy atom. The molecule has 0 bridgehead atoms. The topological polar surface area (TPSA) is 66.6 Å². The van der Waals surface area contributed by atoms with E-state index in [9.17, 15) is 4.79 Å². The van der Waals surface area contributed by atoms with E-state index in [0.29, 0.717) is 31.0 Å². The summed E-state index contributed by atoms with van der Waals surface area (Å²) in [5.41, 5.74) is 5.40. The van der Waals surface area contributed by atoms with Crippen molar-refractivity contribution < 1.29 is 9.90 Å². The lowest BCUT2D eigenvalue weighted by atomic mass is 9.97. The highest BCUT2D eigenvalue weighted by Crippen LogP contribution is 2.16. The number of rotatable bonds is 1. The van der Waals surface area contributed by atoms with Gasteiger partial charge in [-0.3, -0.25) is 4.79 Å². The van der Waals surface area contributed by atoms with Gasteiger partial charge < -0.3 is 15.7 Å². The molecule has 68 valence electrons. The largest absolute Gasteiger partial charge is 0.481 e. The van der Waals surface area contributed by atoms with Crippen LogP contribution in [0.2, 0.25) is 0 Å². The van der Waals surface area contributed by atoms with E-state index in [4.69, 9.17) is 23.1 Å². The Labute approximate surface area is 76.3 Å². The normalized spacial score (nSPS) is 19.2. The fourth-order valence-electron chi connectivity index (χ4n) is 1.35. The third-order valence-corrected chi connectivity index (χ3v) is 2.41. The van der Waals surface area contributed by atoms with Crippen LogP contribution in [0.15, 0.2) is 0 Å². The Kier molecular flexibility index (Phi) is 2.86. The van der Waals surface area contributed by atoms with Crippen LogP contribution >= 0.6 is 12.2 Å². The molecule has 0 spiro atoms. The second kappa shape index (κ2) is 3.71. The van der Waals surface area contributed by atoms with Crippen LogP contribution in [0.4, 0.5) is 0 Å². The minimum Gasteiger partial charge on any atom is -0.481 e. The van der Waals surface area contributed by atoms with Crippen LogP contribution in [0, 0.1) is 5.92 Å². The van der Waals surface area contributed by atoms with Crippen molar-refractivity contribution in [2.24, 2.45) is 11.7 Å². The summed E-state index contributed by atoms with van der Waals surface area (Å²) in [5.74, 6) is -0.923. The Bertz CT molecular complexity index is 178. The Balaban J connectivity index is 2.39. The van der Waals surface area contributed by atoms with Crippen LogP contribution < -0.4 is 5.73 Å². The molecule has 0 aromatic heterocycles. The van der Waals surface area contributed by atoms with Gasteiger partial charge in [-0.2, -0.15) is 0 Å². The maximum absolute atomic E-state index is 10.5. The van der Waals surface area contributed by atoms with Gasteiger partial charge in [0, 0.05) is 13.1 Å². The Morgan fingerprint density at radius 2 is 2.00 bits per heavy atom. The average Bonchev–Trinajstić information content (AvgIpc) is 2.04. The average molecular weight is 188 g/mol. The number of thiocarbonyl (C=S) groups is 1. The van der Waals surface area contributed by atoms with Crippen molar-refractivity contribution in [3.05, 3.63) is 0 Å². The molecule has 1 rings (SSSR count). The van der Waals surface area contributed by atoms with Gasteiger partial charge in [0.1, 0.15) is 0 Å². The highest BCUT2D eigenvalue weighted by Gasteiger charge is 2.24. The summed E-state index contributed by atoms with van der Waals surface area (Å²) in [6, 6.07) is 0. The molecule has 0 atom stereocenters. The molecule has 5 heteroatoms. The molecule has 1 saturated heterocycles. The SMILES string of the molecule is NC(=S)N1CCC(C(=O)O)CC1. The Hall–Kier alpha value is -0.840. The van der Waals surface area contributed by atoms with E-state index in [-0.39, 0.29) is 5.92 Å². The number of aliphatic carboxylic acids is 1. The molecule has 0 aliphatic carbocycles. The van der Waals surface area contributed by atoms with Gasteiger partial charge in [-0.1, -0.05) is 0 Å². The standard InChI is InChI=1S/C7H12N2O2S/c8-7(12)9-3-1-5(2-4-9)6(10)11/h5H,1-4H2,(H2,8,12)(H,10,11). The van der Waals surface area contributed by atoms with Crippen molar-refractivity contribution in [3.8, 4) is 0 Å². The minimum absolute atomic E-state index is 0.212. The number of nitrogens with zero attached hydrogens (tertiary/aromatic N) is 1. The second-order valence-corrected chi connectivity index (χ2v) is 3.36. The van der Waals surface area contributed by atoms with E-state index in [2.05, 4.69) is 0 Å². The van der Waals surface area contributed by atoms with Crippen LogP contribution in [0.5, 0.6) is 0 Å².